The van der Waals surface area contributed by atoms with Crippen LogP contribution in [0.3, 0.4) is 0 Å². The van der Waals surface area contributed by atoms with Crippen LogP contribution in [0.2, 0.25) is 0 Å². The third-order valence-corrected chi connectivity index (χ3v) is 5.05. The van der Waals surface area contributed by atoms with E-state index in [1.807, 2.05) is 20.8 Å². The Kier molecular flexibility index (Phi) is 5.07. The van der Waals surface area contributed by atoms with Crippen LogP contribution in [0.4, 0.5) is 0 Å². The fourth-order valence-electron chi connectivity index (χ4n) is 3.59. The van der Waals surface area contributed by atoms with E-state index in [4.69, 9.17) is 4.42 Å². The van der Waals surface area contributed by atoms with Crippen molar-refractivity contribution < 1.29 is 18.8 Å². The van der Waals surface area contributed by atoms with Crippen LogP contribution in [-0.2, 0) is 9.59 Å². The molecule has 1 aromatic rings. The van der Waals surface area contributed by atoms with Gasteiger partial charge in [-0.25, -0.2) is 0 Å². The standard InChI is InChI=1S/C19H27N3O4/c1-19(2,3)18(25)22-8-4-6-14(22)16(23)20-9-11-21(12-10-20)17(24)15-7-5-13-26-15/h5,7,13-14H,4,6,8-12H2,1-3H3. The number of piperazine rings is 1. The topological polar surface area (TPSA) is 74.1 Å². The average molecular weight is 361 g/mol. The van der Waals surface area contributed by atoms with E-state index in [1.165, 1.54) is 6.26 Å². The summed E-state index contributed by atoms with van der Waals surface area (Å²) in [5.41, 5.74) is -0.489. The number of amides is 3. The van der Waals surface area contributed by atoms with Crippen molar-refractivity contribution in [3.63, 3.8) is 0 Å². The van der Waals surface area contributed by atoms with E-state index in [0.717, 1.165) is 6.42 Å². The van der Waals surface area contributed by atoms with Crippen molar-refractivity contribution in [2.75, 3.05) is 32.7 Å². The zero-order chi connectivity index (χ0) is 18.9. The summed E-state index contributed by atoms with van der Waals surface area (Å²) in [4.78, 5) is 43.1. The van der Waals surface area contributed by atoms with Gasteiger partial charge in [0.15, 0.2) is 5.76 Å². The van der Waals surface area contributed by atoms with E-state index in [1.54, 1.807) is 26.8 Å². The Balaban J connectivity index is 1.59. The van der Waals surface area contributed by atoms with Gasteiger partial charge in [0.1, 0.15) is 6.04 Å². The molecule has 26 heavy (non-hydrogen) atoms. The van der Waals surface area contributed by atoms with E-state index >= 15 is 0 Å². The lowest BCUT2D eigenvalue weighted by atomic mass is 9.94. The predicted molar refractivity (Wildman–Crippen MR) is 95.4 cm³/mol. The minimum atomic E-state index is -0.489. The van der Waals surface area contributed by atoms with Crippen molar-refractivity contribution in [2.24, 2.45) is 5.41 Å². The summed E-state index contributed by atoms with van der Waals surface area (Å²) < 4.78 is 5.16. The van der Waals surface area contributed by atoms with Gasteiger partial charge in [0.2, 0.25) is 11.8 Å². The van der Waals surface area contributed by atoms with Crippen molar-refractivity contribution in [3.05, 3.63) is 24.2 Å². The molecule has 0 aliphatic carbocycles. The van der Waals surface area contributed by atoms with E-state index in [0.29, 0.717) is 44.9 Å². The summed E-state index contributed by atoms with van der Waals surface area (Å²) in [6, 6.07) is 2.97. The Morgan fingerprint density at radius 2 is 1.69 bits per heavy atom. The smallest absolute Gasteiger partial charge is 0.289 e. The van der Waals surface area contributed by atoms with Crippen LogP contribution in [0.25, 0.3) is 0 Å². The largest absolute Gasteiger partial charge is 0.459 e. The second-order valence-corrected chi connectivity index (χ2v) is 8.00. The maximum absolute atomic E-state index is 13.0. The number of hydrogen-bond donors (Lipinski definition) is 0. The van der Waals surface area contributed by atoms with Crippen molar-refractivity contribution >= 4 is 17.7 Å². The second-order valence-electron chi connectivity index (χ2n) is 8.00. The van der Waals surface area contributed by atoms with Crippen LogP contribution in [-0.4, -0.2) is 71.2 Å². The minimum Gasteiger partial charge on any atom is -0.459 e. The number of nitrogens with zero attached hydrogens (tertiary/aromatic N) is 3. The molecule has 1 unspecified atom stereocenters. The average Bonchev–Trinajstić information content (AvgIpc) is 3.30. The zero-order valence-electron chi connectivity index (χ0n) is 15.7. The van der Waals surface area contributed by atoms with Crippen molar-refractivity contribution in [3.8, 4) is 0 Å². The van der Waals surface area contributed by atoms with E-state index < -0.39 is 5.41 Å². The molecule has 0 saturated carbocycles. The third-order valence-electron chi connectivity index (χ3n) is 5.05. The maximum Gasteiger partial charge on any atom is 0.289 e. The molecule has 0 spiro atoms. The van der Waals surface area contributed by atoms with Gasteiger partial charge in [-0.15, -0.1) is 0 Å². The summed E-state index contributed by atoms with van der Waals surface area (Å²) in [6.07, 6.45) is 3.05. The molecule has 0 N–H and O–H groups in total. The molecular weight excluding hydrogens is 334 g/mol. The molecule has 1 aromatic heterocycles. The monoisotopic (exact) mass is 361 g/mol. The molecule has 2 aliphatic rings. The third kappa shape index (κ3) is 3.61. The summed E-state index contributed by atoms with van der Waals surface area (Å²) in [6.45, 7) is 8.22. The molecule has 0 bridgehead atoms. The van der Waals surface area contributed by atoms with Gasteiger partial charge < -0.3 is 19.1 Å². The van der Waals surface area contributed by atoms with E-state index in [9.17, 15) is 14.4 Å². The van der Waals surface area contributed by atoms with Crippen molar-refractivity contribution in [1.29, 1.82) is 0 Å². The highest BCUT2D eigenvalue weighted by Gasteiger charge is 2.40. The molecule has 2 fully saturated rings. The van der Waals surface area contributed by atoms with Crippen LogP contribution in [0.5, 0.6) is 0 Å². The van der Waals surface area contributed by atoms with Crippen LogP contribution >= 0.6 is 0 Å². The molecular formula is C19H27N3O4. The van der Waals surface area contributed by atoms with Gasteiger partial charge in [-0.1, -0.05) is 20.8 Å². The Labute approximate surface area is 153 Å². The molecule has 7 nitrogen and oxygen atoms in total. The summed E-state index contributed by atoms with van der Waals surface area (Å²) >= 11 is 0. The Hall–Kier alpha value is -2.31. The first-order chi connectivity index (χ1) is 12.3. The second kappa shape index (κ2) is 7.13. The number of hydrogen-bond acceptors (Lipinski definition) is 4. The normalized spacial score (nSPS) is 21.2. The zero-order valence-corrected chi connectivity index (χ0v) is 15.7. The number of carbonyl (C=O) groups is 3. The van der Waals surface area contributed by atoms with E-state index in [2.05, 4.69) is 0 Å². The lowest BCUT2D eigenvalue weighted by molar-refractivity contribution is -0.149. The molecule has 142 valence electrons. The Bertz CT molecular complexity index is 669. The SMILES string of the molecule is CC(C)(C)C(=O)N1CCCC1C(=O)N1CCN(C(=O)c2ccco2)CC1. The van der Waals surface area contributed by atoms with Gasteiger partial charge in [0.25, 0.3) is 5.91 Å². The number of rotatable bonds is 2. The summed E-state index contributed by atoms with van der Waals surface area (Å²) in [7, 11) is 0. The maximum atomic E-state index is 13.0. The number of furan rings is 1. The molecule has 2 aliphatic heterocycles. The molecule has 3 rings (SSSR count). The van der Waals surface area contributed by atoms with Crippen LogP contribution in [0.1, 0.15) is 44.2 Å². The van der Waals surface area contributed by atoms with Crippen LogP contribution < -0.4 is 0 Å². The van der Waals surface area contributed by atoms with E-state index in [-0.39, 0.29) is 23.8 Å². The Morgan fingerprint density at radius 1 is 1.04 bits per heavy atom. The fourth-order valence-corrected chi connectivity index (χ4v) is 3.59. The van der Waals surface area contributed by atoms with Crippen LogP contribution in [0, 0.1) is 5.41 Å². The first kappa shape index (κ1) is 18.5. The minimum absolute atomic E-state index is 0.00481. The highest BCUT2D eigenvalue weighted by atomic mass is 16.3. The van der Waals surface area contributed by atoms with Gasteiger partial charge in [0.05, 0.1) is 6.26 Å². The molecule has 3 heterocycles. The number of carbonyl (C=O) groups excluding carboxylic acids is 3. The van der Waals surface area contributed by atoms with Gasteiger partial charge >= 0.3 is 0 Å². The molecule has 0 radical (unpaired) electrons. The first-order valence-corrected chi connectivity index (χ1v) is 9.21. The van der Waals surface area contributed by atoms with Crippen molar-refractivity contribution in [1.82, 2.24) is 14.7 Å². The fraction of sp³-hybridized carbons (Fsp3) is 0.632. The molecule has 1 atom stereocenters. The van der Waals surface area contributed by atoms with Crippen LogP contribution in [0.15, 0.2) is 22.8 Å². The highest BCUT2D eigenvalue weighted by Crippen LogP contribution is 2.26. The quantitative estimate of drug-likeness (QED) is 0.802. The lowest BCUT2D eigenvalue weighted by Gasteiger charge is -2.38. The van der Waals surface area contributed by atoms with Gasteiger partial charge in [-0.2, -0.15) is 0 Å². The summed E-state index contributed by atoms with van der Waals surface area (Å²) in [5.74, 6) is 0.209. The Morgan fingerprint density at radius 3 is 2.27 bits per heavy atom. The molecule has 2 saturated heterocycles. The molecule has 7 heteroatoms. The first-order valence-electron chi connectivity index (χ1n) is 9.21. The highest BCUT2D eigenvalue weighted by molar-refractivity contribution is 5.92. The summed E-state index contributed by atoms with van der Waals surface area (Å²) in [5, 5.41) is 0. The van der Waals surface area contributed by atoms with Gasteiger partial charge in [-0.05, 0) is 25.0 Å². The predicted octanol–water partition coefficient (Wildman–Crippen LogP) is 1.60. The lowest BCUT2D eigenvalue weighted by Crippen LogP contribution is -2.56. The van der Waals surface area contributed by atoms with Gasteiger partial charge in [-0.3, -0.25) is 14.4 Å². The molecule has 0 aromatic carbocycles. The van der Waals surface area contributed by atoms with Gasteiger partial charge in [0, 0.05) is 38.1 Å². The molecule has 3 amide bonds. The van der Waals surface area contributed by atoms with Crippen molar-refractivity contribution in [2.45, 2.75) is 39.7 Å². The number of likely N-dealkylation sites (tertiary alicyclic amines) is 1.